The number of nitrogens with one attached hydrogen (secondary N) is 2. The van der Waals surface area contributed by atoms with Crippen molar-refractivity contribution >= 4 is 32.4 Å². The lowest BCUT2D eigenvalue weighted by molar-refractivity contribution is 0.0913. The highest BCUT2D eigenvalue weighted by Crippen LogP contribution is 2.39. The zero-order valence-corrected chi connectivity index (χ0v) is 19.8. The number of carbonyl (C=O) groups excluding carboxylic acids is 1. The van der Waals surface area contributed by atoms with Crippen LogP contribution < -0.4 is 14.2 Å². The molecule has 1 heterocycles. The number of aromatic nitrogens is 1. The summed E-state index contributed by atoms with van der Waals surface area (Å²) in [4.78, 5) is 16.3. The first kappa shape index (κ1) is 22.2. The van der Waals surface area contributed by atoms with Crippen molar-refractivity contribution < 1.29 is 22.7 Å². The van der Waals surface area contributed by atoms with Gasteiger partial charge < -0.3 is 14.5 Å². The van der Waals surface area contributed by atoms with Crippen LogP contribution >= 0.6 is 0 Å². The zero-order valence-electron chi connectivity index (χ0n) is 19.0. The van der Waals surface area contributed by atoms with Gasteiger partial charge in [-0.25, -0.2) is 8.42 Å². The predicted octanol–water partition coefficient (Wildman–Crippen LogP) is 4.70. The molecule has 170 valence electrons. The molecule has 1 aliphatic rings. The number of aromatic amines is 1. The number of anilines is 1. The van der Waals surface area contributed by atoms with E-state index in [1.807, 2.05) is 13.0 Å². The number of benzene rings is 2. The Morgan fingerprint density at radius 1 is 1.09 bits per heavy atom. The van der Waals surface area contributed by atoms with Gasteiger partial charge in [-0.3, -0.25) is 9.52 Å². The fraction of sp³-hybridized carbons (Fsp3) is 0.375. The zero-order chi connectivity index (χ0) is 23.3. The number of fused-ring (bicyclic) bond motifs is 3. The number of Topliss-reactive ketones (excluding diaryl/α,β-unsaturated/α-hetero) is 1. The fourth-order valence-corrected chi connectivity index (χ4v) is 5.84. The molecule has 8 heteroatoms. The third-order valence-electron chi connectivity index (χ3n) is 5.95. The number of ether oxygens (including phenoxy) is 2. The lowest BCUT2D eigenvalue weighted by atomic mass is 9.76. The van der Waals surface area contributed by atoms with Crippen LogP contribution in [0, 0.1) is 5.41 Å². The van der Waals surface area contributed by atoms with Crippen LogP contribution in [0.15, 0.2) is 35.2 Å². The third kappa shape index (κ3) is 3.83. The number of rotatable bonds is 6. The standard InChI is InChI=1S/C24H28N2O5S/c1-6-14-9-16-17(25-19-12-24(2,3)13-20(27)23(16)19)11-22(14)32(28,29)26-18-10-15(30-4)7-8-21(18)31-5/h7-11,25-26H,6,12-13H2,1-5H3. The maximum Gasteiger partial charge on any atom is 0.262 e. The highest BCUT2D eigenvalue weighted by molar-refractivity contribution is 7.92. The van der Waals surface area contributed by atoms with Crippen LogP contribution in [-0.2, 0) is 22.9 Å². The Hall–Kier alpha value is -3.00. The molecule has 0 bridgehead atoms. The van der Waals surface area contributed by atoms with Gasteiger partial charge in [0.25, 0.3) is 10.0 Å². The Morgan fingerprint density at radius 2 is 1.84 bits per heavy atom. The van der Waals surface area contributed by atoms with Crippen LogP contribution in [0.1, 0.15) is 48.8 Å². The molecular weight excluding hydrogens is 428 g/mol. The molecular formula is C24H28N2O5S. The number of H-pyrrole nitrogens is 1. The van der Waals surface area contributed by atoms with Crippen LogP contribution in [0.5, 0.6) is 11.5 Å². The van der Waals surface area contributed by atoms with Gasteiger partial charge in [-0.1, -0.05) is 20.8 Å². The van der Waals surface area contributed by atoms with Crippen molar-refractivity contribution in [2.24, 2.45) is 5.41 Å². The van der Waals surface area contributed by atoms with Gasteiger partial charge >= 0.3 is 0 Å². The molecule has 0 fully saturated rings. The number of aryl methyl sites for hydroxylation is 1. The second kappa shape index (κ2) is 7.85. The lowest BCUT2D eigenvalue weighted by Gasteiger charge is -2.28. The lowest BCUT2D eigenvalue weighted by Crippen LogP contribution is -2.26. The van der Waals surface area contributed by atoms with E-state index in [0.29, 0.717) is 41.0 Å². The quantitative estimate of drug-likeness (QED) is 0.560. The SMILES string of the molecule is CCc1cc2c3c([nH]c2cc1S(=O)(=O)Nc1cc(OC)ccc1OC)CC(C)(C)CC3=O. The van der Waals surface area contributed by atoms with Crippen molar-refractivity contribution in [2.75, 3.05) is 18.9 Å². The van der Waals surface area contributed by atoms with Gasteiger partial charge in [0.05, 0.1) is 24.8 Å². The Bertz CT molecular complexity index is 1320. The Balaban J connectivity index is 1.83. The maximum atomic E-state index is 13.4. The van der Waals surface area contributed by atoms with Gasteiger partial charge in [0, 0.05) is 34.6 Å². The van der Waals surface area contributed by atoms with Crippen molar-refractivity contribution in [3.8, 4) is 11.5 Å². The molecule has 3 aromatic rings. The summed E-state index contributed by atoms with van der Waals surface area (Å²) in [5.41, 5.74) is 3.03. The molecule has 0 atom stereocenters. The number of ketones is 1. The van der Waals surface area contributed by atoms with Gasteiger partial charge in [-0.15, -0.1) is 0 Å². The van der Waals surface area contributed by atoms with Gasteiger partial charge in [-0.2, -0.15) is 0 Å². The molecule has 0 amide bonds. The van der Waals surface area contributed by atoms with Crippen molar-refractivity contribution in [3.05, 3.63) is 47.2 Å². The van der Waals surface area contributed by atoms with E-state index in [1.165, 1.54) is 14.2 Å². The highest BCUT2D eigenvalue weighted by atomic mass is 32.2. The molecule has 0 saturated heterocycles. The van der Waals surface area contributed by atoms with E-state index in [2.05, 4.69) is 23.6 Å². The second-order valence-corrected chi connectivity index (χ2v) is 10.6. The summed E-state index contributed by atoms with van der Waals surface area (Å²) >= 11 is 0. The van der Waals surface area contributed by atoms with Crippen LogP contribution in [0.2, 0.25) is 0 Å². The van der Waals surface area contributed by atoms with E-state index >= 15 is 0 Å². The van der Waals surface area contributed by atoms with Crippen LogP contribution in [0.25, 0.3) is 10.9 Å². The van der Waals surface area contributed by atoms with Gasteiger partial charge in [0.2, 0.25) is 0 Å². The molecule has 0 unspecified atom stereocenters. The Kier molecular flexibility index (Phi) is 5.45. The Morgan fingerprint density at radius 3 is 2.50 bits per heavy atom. The first-order valence-corrected chi connectivity index (χ1v) is 12.0. The molecule has 0 spiro atoms. The average molecular weight is 457 g/mol. The third-order valence-corrected chi connectivity index (χ3v) is 7.40. The molecule has 2 aromatic carbocycles. The molecule has 0 saturated carbocycles. The minimum atomic E-state index is -3.93. The van der Waals surface area contributed by atoms with E-state index in [0.717, 1.165) is 17.5 Å². The molecule has 4 rings (SSSR count). The molecule has 1 aromatic heterocycles. The topological polar surface area (TPSA) is 97.5 Å². The maximum absolute atomic E-state index is 13.4. The van der Waals surface area contributed by atoms with Crippen molar-refractivity contribution in [1.82, 2.24) is 4.98 Å². The van der Waals surface area contributed by atoms with Crippen molar-refractivity contribution in [2.45, 2.75) is 44.9 Å². The number of carbonyl (C=O) groups is 1. The molecule has 1 aliphatic carbocycles. The molecule has 7 nitrogen and oxygen atoms in total. The van der Waals surface area contributed by atoms with Crippen LogP contribution in [-0.4, -0.2) is 33.4 Å². The predicted molar refractivity (Wildman–Crippen MR) is 124 cm³/mol. The number of hydrogen-bond donors (Lipinski definition) is 2. The van der Waals surface area contributed by atoms with E-state index in [-0.39, 0.29) is 21.8 Å². The van der Waals surface area contributed by atoms with Gasteiger partial charge in [0.1, 0.15) is 11.5 Å². The van der Waals surface area contributed by atoms with Gasteiger partial charge in [0.15, 0.2) is 5.78 Å². The summed E-state index contributed by atoms with van der Waals surface area (Å²) in [6.45, 7) is 6.03. The first-order valence-electron chi connectivity index (χ1n) is 10.5. The Labute approximate surface area is 188 Å². The van der Waals surface area contributed by atoms with E-state index in [4.69, 9.17) is 9.47 Å². The number of sulfonamides is 1. The minimum Gasteiger partial charge on any atom is -0.497 e. The van der Waals surface area contributed by atoms with Crippen LogP contribution in [0.4, 0.5) is 5.69 Å². The first-order chi connectivity index (χ1) is 15.1. The molecule has 0 aliphatic heterocycles. The smallest absolute Gasteiger partial charge is 0.262 e. The summed E-state index contributed by atoms with van der Waals surface area (Å²) in [5.74, 6) is 0.990. The molecule has 2 N–H and O–H groups in total. The molecule has 32 heavy (non-hydrogen) atoms. The summed E-state index contributed by atoms with van der Waals surface area (Å²) in [6, 6.07) is 8.38. The average Bonchev–Trinajstić information content (AvgIpc) is 3.08. The number of methoxy groups -OCH3 is 2. The summed E-state index contributed by atoms with van der Waals surface area (Å²) < 4.78 is 40.0. The normalized spacial score (nSPS) is 15.5. The van der Waals surface area contributed by atoms with Crippen LogP contribution in [0.3, 0.4) is 0 Å². The molecule has 0 radical (unpaired) electrons. The monoisotopic (exact) mass is 456 g/mol. The minimum absolute atomic E-state index is 0.0967. The number of hydrogen-bond acceptors (Lipinski definition) is 5. The largest absolute Gasteiger partial charge is 0.497 e. The fourth-order valence-electron chi connectivity index (χ4n) is 4.46. The van der Waals surface area contributed by atoms with E-state index in [1.54, 1.807) is 24.3 Å². The van der Waals surface area contributed by atoms with E-state index < -0.39 is 10.0 Å². The summed E-state index contributed by atoms with van der Waals surface area (Å²) in [5, 5.41) is 0.787. The van der Waals surface area contributed by atoms with Crippen molar-refractivity contribution in [1.29, 1.82) is 0 Å². The second-order valence-electron chi connectivity index (χ2n) is 8.95. The van der Waals surface area contributed by atoms with E-state index in [9.17, 15) is 13.2 Å². The van der Waals surface area contributed by atoms with Gasteiger partial charge in [-0.05, 0) is 48.1 Å². The summed E-state index contributed by atoms with van der Waals surface area (Å²) in [7, 11) is -0.943. The summed E-state index contributed by atoms with van der Waals surface area (Å²) in [6.07, 6.45) is 1.72. The highest BCUT2D eigenvalue weighted by Gasteiger charge is 2.34. The van der Waals surface area contributed by atoms with Crippen molar-refractivity contribution in [3.63, 3.8) is 0 Å².